The molecule has 3 rings (SSSR count). The quantitative estimate of drug-likeness (QED) is 0.526. The van der Waals surface area contributed by atoms with Gasteiger partial charge in [-0.1, -0.05) is 12.1 Å². The van der Waals surface area contributed by atoms with Gasteiger partial charge in [0, 0.05) is 36.1 Å². The van der Waals surface area contributed by atoms with Crippen LogP contribution in [0.5, 0.6) is 0 Å². The number of ether oxygens (including phenoxy) is 1. The van der Waals surface area contributed by atoms with E-state index in [-0.39, 0.29) is 11.9 Å². The van der Waals surface area contributed by atoms with Gasteiger partial charge in [-0.05, 0) is 71.1 Å². The van der Waals surface area contributed by atoms with E-state index < -0.39 is 12.1 Å². The van der Waals surface area contributed by atoms with Crippen molar-refractivity contribution >= 4 is 18.0 Å². The van der Waals surface area contributed by atoms with E-state index in [9.17, 15) is 9.59 Å². The second kappa shape index (κ2) is 9.32. The summed E-state index contributed by atoms with van der Waals surface area (Å²) in [5.74, 6) is 0.803. The van der Waals surface area contributed by atoms with Crippen LogP contribution in [0, 0.1) is 20.8 Å². The van der Waals surface area contributed by atoms with Gasteiger partial charge < -0.3 is 14.2 Å². The number of hydrogen-bond donors (Lipinski definition) is 0. The van der Waals surface area contributed by atoms with Crippen LogP contribution in [0.3, 0.4) is 0 Å². The number of amides is 1. The molecule has 3 heterocycles. The van der Waals surface area contributed by atoms with Crippen molar-refractivity contribution in [2.75, 3.05) is 6.54 Å². The summed E-state index contributed by atoms with van der Waals surface area (Å²) in [6, 6.07) is 4.07. The standard InChI is InChI=1S/C23H31N3O4/c1-6-20-9-7-8-12-25(20)23(28)18(5)29-22(27)11-10-19-13-15(2)26(17(19)4)21-14-16(3)30-24-21/h10-11,13-14,18,20H,6-9,12H2,1-5H3/b11-10+. The first-order valence-electron chi connectivity index (χ1n) is 10.6. The molecule has 2 atom stereocenters. The van der Waals surface area contributed by atoms with Crippen molar-refractivity contribution in [2.45, 2.75) is 72.4 Å². The summed E-state index contributed by atoms with van der Waals surface area (Å²) < 4.78 is 12.5. The molecule has 1 aliphatic rings. The second-order valence-electron chi connectivity index (χ2n) is 7.96. The van der Waals surface area contributed by atoms with Crippen LogP contribution in [0.2, 0.25) is 0 Å². The maximum absolute atomic E-state index is 12.7. The van der Waals surface area contributed by atoms with Crippen molar-refractivity contribution in [3.8, 4) is 5.82 Å². The van der Waals surface area contributed by atoms with Crippen LogP contribution >= 0.6 is 0 Å². The summed E-state index contributed by atoms with van der Waals surface area (Å²) in [5, 5.41) is 4.06. The molecule has 162 valence electrons. The Balaban J connectivity index is 1.65. The van der Waals surface area contributed by atoms with Gasteiger partial charge in [0.15, 0.2) is 11.9 Å². The van der Waals surface area contributed by atoms with Gasteiger partial charge in [0.1, 0.15) is 5.76 Å². The zero-order valence-electron chi connectivity index (χ0n) is 18.5. The third-order valence-corrected chi connectivity index (χ3v) is 5.74. The first-order chi connectivity index (χ1) is 14.3. The van der Waals surface area contributed by atoms with Crippen LogP contribution in [0.1, 0.15) is 62.2 Å². The molecule has 2 aromatic rings. The van der Waals surface area contributed by atoms with Crippen LogP contribution in [0.15, 0.2) is 22.7 Å². The molecule has 7 nitrogen and oxygen atoms in total. The van der Waals surface area contributed by atoms with Crippen LogP contribution in [-0.2, 0) is 14.3 Å². The Bertz CT molecular complexity index is 940. The van der Waals surface area contributed by atoms with Crippen molar-refractivity contribution < 1.29 is 18.8 Å². The van der Waals surface area contributed by atoms with Crippen LogP contribution in [-0.4, -0.2) is 45.2 Å². The molecule has 0 radical (unpaired) electrons. The first-order valence-corrected chi connectivity index (χ1v) is 10.6. The van der Waals surface area contributed by atoms with E-state index in [0.717, 1.165) is 54.9 Å². The lowest BCUT2D eigenvalue weighted by atomic mass is 9.99. The monoisotopic (exact) mass is 413 g/mol. The van der Waals surface area contributed by atoms with Crippen molar-refractivity contribution in [3.05, 3.63) is 40.9 Å². The fraction of sp³-hybridized carbons (Fsp3) is 0.522. The van der Waals surface area contributed by atoms with E-state index in [4.69, 9.17) is 9.26 Å². The fourth-order valence-electron chi connectivity index (χ4n) is 4.14. The fourth-order valence-corrected chi connectivity index (χ4v) is 4.14. The molecule has 1 fully saturated rings. The van der Waals surface area contributed by atoms with E-state index in [1.807, 2.05) is 42.4 Å². The van der Waals surface area contributed by atoms with Gasteiger partial charge in [-0.2, -0.15) is 0 Å². The summed E-state index contributed by atoms with van der Waals surface area (Å²) in [5.41, 5.74) is 2.80. The number of esters is 1. The largest absolute Gasteiger partial charge is 0.449 e. The Hall–Kier alpha value is -2.83. The third-order valence-electron chi connectivity index (χ3n) is 5.74. The Morgan fingerprint density at radius 1 is 1.30 bits per heavy atom. The normalized spacial score (nSPS) is 18.0. The summed E-state index contributed by atoms with van der Waals surface area (Å²) >= 11 is 0. The highest BCUT2D eigenvalue weighted by Gasteiger charge is 2.30. The Kier molecular flexibility index (Phi) is 6.80. The molecule has 0 N–H and O–H groups in total. The van der Waals surface area contributed by atoms with E-state index in [1.54, 1.807) is 13.0 Å². The lowest BCUT2D eigenvalue weighted by Crippen LogP contribution is -2.48. The summed E-state index contributed by atoms with van der Waals surface area (Å²) in [4.78, 5) is 26.9. The SMILES string of the molecule is CCC1CCCCN1C(=O)C(C)OC(=O)/C=C/c1cc(C)n(-c2cc(C)on2)c1C. The number of likely N-dealkylation sites (tertiary alicyclic amines) is 1. The van der Waals surface area contributed by atoms with Gasteiger partial charge in [-0.3, -0.25) is 9.36 Å². The second-order valence-corrected chi connectivity index (χ2v) is 7.96. The minimum Gasteiger partial charge on any atom is -0.449 e. The number of aromatic nitrogens is 2. The van der Waals surface area contributed by atoms with E-state index >= 15 is 0 Å². The molecular weight excluding hydrogens is 382 g/mol. The molecule has 0 bridgehead atoms. The molecule has 7 heteroatoms. The molecule has 0 spiro atoms. The van der Waals surface area contributed by atoms with Gasteiger partial charge in [0.05, 0.1) is 0 Å². The van der Waals surface area contributed by atoms with E-state index in [0.29, 0.717) is 5.82 Å². The number of hydrogen-bond acceptors (Lipinski definition) is 5. The summed E-state index contributed by atoms with van der Waals surface area (Å²) in [6.07, 6.45) is 6.38. The maximum Gasteiger partial charge on any atom is 0.331 e. The highest BCUT2D eigenvalue weighted by atomic mass is 16.5. The van der Waals surface area contributed by atoms with Crippen LogP contribution in [0.4, 0.5) is 0 Å². The predicted octanol–water partition coefficient (Wildman–Crippen LogP) is 4.13. The molecule has 30 heavy (non-hydrogen) atoms. The smallest absolute Gasteiger partial charge is 0.331 e. The highest BCUT2D eigenvalue weighted by molar-refractivity contribution is 5.90. The minimum absolute atomic E-state index is 0.108. The zero-order chi connectivity index (χ0) is 21.8. The number of carbonyl (C=O) groups is 2. The van der Waals surface area contributed by atoms with Gasteiger partial charge in [-0.15, -0.1) is 0 Å². The highest BCUT2D eigenvalue weighted by Crippen LogP contribution is 2.23. The van der Waals surface area contributed by atoms with Crippen molar-refractivity contribution in [1.82, 2.24) is 14.6 Å². The van der Waals surface area contributed by atoms with Crippen LogP contribution < -0.4 is 0 Å². The Morgan fingerprint density at radius 2 is 2.07 bits per heavy atom. The van der Waals surface area contributed by atoms with Gasteiger partial charge in [-0.25, -0.2) is 4.79 Å². The van der Waals surface area contributed by atoms with Crippen molar-refractivity contribution in [2.24, 2.45) is 0 Å². The molecule has 2 unspecified atom stereocenters. The number of piperidine rings is 1. The summed E-state index contributed by atoms with van der Waals surface area (Å²) in [6.45, 7) is 10.2. The minimum atomic E-state index is -0.792. The van der Waals surface area contributed by atoms with E-state index in [1.165, 1.54) is 6.08 Å². The third kappa shape index (κ3) is 4.66. The number of carbonyl (C=O) groups excluding carboxylic acids is 2. The van der Waals surface area contributed by atoms with Gasteiger partial charge in [0.25, 0.3) is 5.91 Å². The van der Waals surface area contributed by atoms with E-state index in [2.05, 4.69) is 12.1 Å². The molecule has 1 saturated heterocycles. The first kappa shape index (κ1) is 21.9. The zero-order valence-corrected chi connectivity index (χ0v) is 18.5. The predicted molar refractivity (Wildman–Crippen MR) is 114 cm³/mol. The van der Waals surface area contributed by atoms with Gasteiger partial charge in [0.2, 0.25) is 0 Å². The Labute approximate surface area is 177 Å². The number of aryl methyl sites for hydroxylation is 2. The molecule has 0 saturated carbocycles. The summed E-state index contributed by atoms with van der Waals surface area (Å²) in [7, 11) is 0. The van der Waals surface area contributed by atoms with Crippen molar-refractivity contribution in [1.29, 1.82) is 0 Å². The number of rotatable bonds is 6. The molecular formula is C23H31N3O4. The molecule has 2 aromatic heterocycles. The van der Waals surface area contributed by atoms with Crippen molar-refractivity contribution in [3.63, 3.8) is 0 Å². The average Bonchev–Trinajstić information content (AvgIpc) is 3.27. The van der Waals surface area contributed by atoms with Crippen LogP contribution in [0.25, 0.3) is 11.9 Å². The molecule has 0 aromatic carbocycles. The molecule has 1 aliphatic heterocycles. The maximum atomic E-state index is 12.7. The lowest BCUT2D eigenvalue weighted by Gasteiger charge is -2.36. The van der Waals surface area contributed by atoms with Gasteiger partial charge >= 0.3 is 5.97 Å². The number of nitrogens with zero attached hydrogens (tertiary/aromatic N) is 3. The molecule has 1 amide bonds. The topological polar surface area (TPSA) is 77.6 Å². The molecule has 0 aliphatic carbocycles. The average molecular weight is 414 g/mol. The Morgan fingerprint density at radius 3 is 2.73 bits per heavy atom. The lowest BCUT2D eigenvalue weighted by molar-refractivity contribution is -0.157.